The fraction of sp³-hybridized carbons (Fsp3) is 0.636. The summed E-state index contributed by atoms with van der Waals surface area (Å²) in [7, 11) is 0. The molecule has 82 valence electrons. The molecule has 4 nitrogen and oxygen atoms in total. The maximum absolute atomic E-state index is 9.57. The van der Waals surface area contributed by atoms with Crippen LogP contribution >= 0.6 is 0 Å². The monoisotopic (exact) mass is 207 g/mol. The van der Waals surface area contributed by atoms with Gasteiger partial charge in [-0.2, -0.15) is 0 Å². The minimum absolute atomic E-state index is 0.220. The highest BCUT2D eigenvalue weighted by atomic mass is 16.3. The minimum Gasteiger partial charge on any atom is -0.391 e. The Labute approximate surface area is 90.0 Å². The summed E-state index contributed by atoms with van der Waals surface area (Å²) in [6, 6.07) is 0. The Bertz CT molecular complexity index is 354. The number of hydrogen-bond donors (Lipinski definition) is 1. The van der Waals surface area contributed by atoms with Gasteiger partial charge in [0.25, 0.3) is 0 Å². The first-order valence-electron chi connectivity index (χ1n) is 5.40. The number of β-amino-alcohol motifs (C(OH)–C–C–N with tert-alkyl or cyclic N) is 1. The van der Waals surface area contributed by atoms with Crippen molar-refractivity contribution in [2.75, 3.05) is 18.0 Å². The summed E-state index contributed by atoms with van der Waals surface area (Å²) in [6.45, 7) is 5.56. The van der Waals surface area contributed by atoms with Crippen molar-refractivity contribution in [2.45, 2.75) is 32.8 Å². The molecule has 0 aromatic carbocycles. The summed E-state index contributed by atoms with van der Waals surface area (Å²) in [4.78, 5) is 10.9. The van der Waals surface area contributed by atoms with Crippen molar-refractivity contribution >= 4 is 5.82 Å². The highest BCUT2D eigenvalue weighted by Crippen LogP contribution is 2.17. The van der Waals surface area contributed by atoms with Gasteiger partial charge in [0.1, 0.15) is 5.82 Å². The van der Waals surface area contributed by atoms with Gasteiger partial charge in [0.05, 0.1) is 23.7 Å². The SMILES string of the molecule is Cc1ncc(N2CCCC(O)C2)nc1C. The molecule has 1 N–H and O–H groups in total. The average Bonchev–Trinajstić information content (AvgIpc) is 2.22. The van der Waals surface area contributed by atoms with Crippen molar-refractivity contribution in [3.8, 4) is 0 Å². The third kappa shape index (κ3) is 2.26. The highest BCUT2D eigenvalue weighted by Gasteiger charge is 2.19. The van der Waals surface area contributed by atoms with E-state index >= 15 is 0 Å². The molecule has 15 heavy (non-hydrogen) atoms. The molecule has 0 amide bonds. The molecule has 0 aliphatic carbocycles. The van der Waals surface area contributed by atoms with Gasteiger partial charge in [0.15, 0.2) is 0 Å². The lowest BCUT2D eigenvalue weighted by Gasteiger charge is -2.30. The summed E-state index contributed by atoms with van der Waals surface area (Å²) in [5, 5.41) is 9.57. The van der Waals surface area contributed by atoms with E-state index in [1.165, 1.54) is 0 Å². The molecule has 4 heteroatoms. The Morgan fingerprint density at radius 2 is 2.20 bits per heavy atom. The third-order valence-corrected chi connectivity index (χ3v) is 2.90. The van der Waals surface area contributed by atoms with Crippen molar-refractivity contribution in [1.29, 1.82) is 0 Å². The number of aromatic nitrogens is 2. The number of hydrogen-bond acceptors (Lipinski definition) is 4. The van der Waals surface area contributed by atoms with Crippen LogP contribution < -0.4 is 4.90 Å². The first kappa shape index (κ1) is 10.4. The van der Waals surface area contributed by atoms with Crippen molar-refractivity contribution in [3.63, 3.8) is 0 Å². The zero-order valence-electron chi connectivity index (χ0n) is 9.27. The molecule has 0 saturated carbocycles. The number of anilines is 1. The van der Waals surface area contributed by atoms with Gasteiger partial charge >= 0.3 is 0 Å². The van der Waals surface area contributed by atoms with Gasteiger partial charge in [-0.25, -0.2) is 4.98 Å². The predicted molar refractivity (Wildman–Crippen MR) is 59.0 cm³/mol. The van der Waals surface area contributed by atoms with Gasteiger partial charge in [-0.1, -0.05) is 0 Å². The normalized spacial score (nSPS) is 21.8. The summed E-state index contributed by atoms with van der Waals surface area (Å²) >= 11 is 0. The number of rotatable bonds is 1. The maximum atomic E-state index is 9.57. The molecular formula is C11H17N3O. The summed E-state index contributed by atoms with van der Waals surface area (Å²) in [6.07, 6.45) is 3.49. The predicted octanol–water partition coefficient (Wildman–Crippen LogP) is 1.05. The third-order valence-electron chi connectivity index (χ3n) is 2.90. The van der Waals surface area contributed by atoms with Crippen LogP contribution in [0.15, 0.2) is 6.20 Å². The van der Waals surface area contributed by atoms with E-state index in [1.54, 1.807) is 6.20 Å². The Kier molecular flexibility index (Phi) is 2.86. The Balaban J connectivity index is 2.18. The molecule has 2 rings (SSSR count). The zero-order chi connectivity index (χ0) is 10.8. The van der Waals surface area contributed by atoms with Crippen LogP contribution in [-0.4, -0.2) is 34.3 Å². The molecule has 0 bridgehead atoms. The molecule has 2 heterocycles. The second-order valence-electron chi connectivity index (χ2n) is 4.14. The van der Waals surface area contributed by atoms with Crippen LogP contribution in [0.1, 0.15) is 24.2 Å². The largest absolute Gasteiger partial charge is 0.391 e. The molecule has 1 saturated heterocycles. The molecule has 1 aromatic heterocycles. The van der Waals surface area contributed by atoms with Crippen LogP contribution in [0.4, 0.5) is 5.82 Å². The van der Waals surface area contributed by atoms with E-state index in [0.29, 0.717) is 6.54 Å². The number of aryl methyl sites for hydroxylation is 2. The van der Waals surface area contributed by atoms with E-state index in [9.17, 15) is 5.11 Å². The lowest BCUT2D eigenvalue weighted by Crippen LogP contribution is -2.38. The van der Waals surface area contributed by atoms with Crippen molar-refractivity contribution < 1.29 is 5.11 Å². The van der Waals surface area contributed by atoms with E-state index in [4.69, 9.17) is 0 Å². The quantitative estimate of drug-likeness (QED) is 0.748. The van der Waals surface area contributed by atoms with E-state index < -0.39 is 0 Å². The fourth-order valence-corrected chi connectivity index (χ4v) is 1.84. The standard InChI is InChI=1S/C11H17N3O/c1-8-9(2)13-11(6-12-8)14-5-3-4-10(15)7-14/h6,10,15H,3-5,7H2,1-2H3. The molecular weight excluding hydrogens is 190 g/mol. The van der Waals surface area contributed by atoms with Gasteiger partial charge in [-0.3, -0.25) is 4.98 Å². The van der Waals surface area contributed by atoms with Crippen LogP contribution in [0.25, 0.3) is 0 Å². The van der Waals surface area contributed by atoms with Crippen LogP contribution in [0, 0.1) is 13.8 Å². The van der Waals surface area contributed by atoms with Crippen molar-refractivity contribution in [1.82, 2.24) is 9.97 Å². The average molecular weight is 207 g/mol. The van der Waals surface area contributed by atoms with E-state index in [1.807, 2.05) is 13.8 Å². The number of aliphatic hydroxyl groups excluding tert-OH is 1. The first-order valence-corrected chi connectivity index (χ1v) is 5.40. The minimum atomic E-state index is -0.220. The highest BCUT2D eigenvalue weighted by molar-refractivity contribution is 5.38. The molecule has 1 aliphatic heterocycles. The topological polar surface area (TPSA) is 49.2 Å². The van der Waals surface area contributed by atoms with Crippen LogP contribution in [0.3, 0.4) is 0 Å². The van der Waals surface area contributed by atoms with Gasteiger partial charge in [0, 0.05) is 13.1 Å². The van der Waals surface area contributed by atoms with Gasteiger partial charge < -0.3 is 10.0 Å². The van der Waals surface area contributed by atoms with Crippen molar-refractivity contribution in [2.24, 2.45) is 0 Å². The molecule has 1 unspecified atom stereocenters. The van der Waals surface area contributed by atoms with E-state index in [-0.39, 0.29) is 6.10 Å². The van der Waals surface area contributed by atoms with Gasteiger partial charge in [-0.15, -0.1) is 0 Å². The molecule has 1 aromatic rings. The molecule has 1 aliphatic rings. The second kappa shape index (κ2) is 4.14. The molecule has 1 atom stereocenters. The maximum Gasteiger partial charge on any atom is 0.147 e. The Morgan fingerprint density at radius 3 is 2.87 bits per heavy atom. The lowest BCUT2D eigenvalue weighted by atomic mass is 10.1. The van der Waals surface area contributed by atoms with Gasteiger partial charge in [0.2, 0.25) is 0 Å². The van der Waals surface area contributed by atoms with Gasteiger partial charge in [-0.05, 0) is 26.7 Å². The number of aliphatic hydroxyl groups is 1. The van der Waals surface area contributed by atoms with Crippen molar-refractivity contribution in [3.05, 3.63) is 17.6 Å². The summed E-state index contributed by atoms with van der Waals surface area (Å²) in [5.74, 6) is 0.886. The fourth-order valence-electron chi connectivity index (χ4n) is 1.84. The van der Waals surface area contributed by atoms with Crippen LogP contribution in [-0.2, 0) is 0 Å². The molecule has 0 spiro atoms. The van der Waals surface area contributed by atoms with E-state index in [0.717, 1.165) is 36.6 Å². The number of nitrogens with zero attached hydrogens (tertiary/aromatic N) is 3. The summed E-state index contributed by atoms with van der Waals surface area (Å²) < 4.78 is 0. The lowest BCUT2D eigenvalue weighted by molar-refractivity contribution is 0.154. The Morgan fingerprint density at radius 1 is 1.40 bits per heavy atom. The van der Waals surface area contributed by atoms with Crippen LogP contribution in [0.5, 0.6) is 0 Å². The van der Waals surface area contributed by atoms with E-state index in [2.05, 4.69) is 14.9 Å². The molecule has 1 fully saturated rings. The molecule has 0 radical (unpaired) electrons. The summed E-state index contributed by atoms with van der Waals surface area (Å²) in [5.41, 5.74) is 1.93. The van der Waals surface area contributed by atoms with Crippen LogP contribution in [0.2, 0.25) is 0 Å². The zero-order valence-corrected chi connectivity index (χ0v) is 9.27. The Hall–Kier alpha value is -1.16. The second-order valence-corrected chi connectivity index (χ2v) is 4.14. The smallest absolute Gasteiger partial charge is 0.147 e. The first-order chi connectivity index (χ1) is 7.16. The number of piperidine rings is 1.